The molecule has 1 aliphatic heterocycles. The quantitative estimate of drug-likeness (QED) is 0.395. The zero-order chi connectivity index (χ0) is 22.5. The van der Waals surface area contributed by atoms with Crippen molar-refractivity contribution >= 4 is 44.1 Å². The van der Waals surface area contributed by atoms with Gasteiger partial charge in [-0.2, -0.15) is 4.31 Å². The smallest absolute Gasteiger partial charge is 0.245 e. The molecule has 4 aromatic rings. The lowest BCUT2D eigenvalue weighted by atomic mass is 9.94. The molecular formula is C24H20Cl2N2O3S. The number of hydrogen-bond donors (Lipinski definition) is 1. The van der Waals surface area contributed by atoms with E-state index in [9.17, 15) is 8.42 Å². The molecule has 0 spiro atoms. The Morgan fingerprint density at radius 2 is 1.81 bits per heavy atom. The van der Waals surface area contributed by atoms with E-state index in [1.54, 1.807) is 19.2 Å². The van der Waals surface area contributed by atoms with Gasteiger partial charge in [0.15, 0.2) is 0 Å². The Labute approximate surface area is 196 Å². The molecule has 5 nitrogen and oxygen atoms in total. The van der Waals surface area contributed by atoms with Crippen molar-refractivity contribution in [2.45, 2.75) is 17.4 Å². The fraction of sp³-hybridized carbons (Fsp3) is 0.167. The van der Waals surface area contributed by atoms with Crippen LogP contribution in [0.4, 0.5) is 0 Å². The summed E-state index contributed by atoms with van der Waals surface area (Å²) in [6, 6.07) is 19.6. The van der Waals surface area contributed by atoms with E-state index in [0.717, 1.165) is 27.7 Å². The molecule has 0 fully saturated rings. The van der Waals surface area contributed by atoms with Crippen molar-refractivity contribution in [3.63, 3.8) is 0 Å². The molecule has 1 unspecified atom stereocenters. The second-order valence-electron chi connectivity index (χ2n) is 7.66. The van der Waals surface area contributed by atoms with E-state index >= 15 is 0 Å². The number of benzene rings is 3. The highest BCUT2D eigenvalue weighted by molar-refractivity contribution is 7.89. The first-order chi connectivity index (χ1) is 15.4. The van der Waals surface area contributed by atoms with Crippen LogP contribution in [0.15, 0.2) is 71.6 Å². The summed E-state index contributed by atoms with van der Waals surface area (Å²) in [5.74, 6) is 0.656. The lowest BCUT2D eigenvalue weighted by molar-refractivity contribution is 0.339. The van der Waals surface area contributed by atoms with Crippen molar-refractivity contribution in [1.82, 2.24) is 9.29 Å². The average Bonchev–Trinajstić information content (AvgIpc) is 3.19. The number of rotatable bonds is 4. The molecule has 0 amide bonds. The fourth-order valence-corrected chi connectivity index (χ4v) is 6.76. The van der Waals surface area contributed by atoms with Gasteiger partial charge in [0.05, 0.1) is 23.2 Å². The first-order valence-corrected chi connectivity index (χ1v) is 12.3. The van der Waals surface area contributed by atoms with Crippen LogP contribution in [0.3, 0.4) is 0 Å². The number of aromatic amines is 1. The molecule has 8 heteroatoms. The number of halogens is 2. The molecule has 0 radical (unpaired) electrons. The van der Waals surface area contributed by atoms with Gasteiger partial charge in [0.25, 0.3) is 0 Å². The maximum atomic E-state index is 13.9. The number of nitrogens with one attached hydrogen (secondary N) is 1. The van der Waals surface area contributed by atoms with Crippen molar-refractivity contribution in [1.29, 1.82) is 0 Å². The van der Waals surface area contributed by atoms with Crippen LogP contribution in [0, 0.1) is 0 Å². The van der Waals surface area contributed by atoms with Crippen molar-refractivity contribution in [3.05, 3.63) is 93.6 Å². The molecule has 1 aliphatic rings. The van der Waals surface area contributed by atoms with Gasteiger partial charge in [0.2, 0.25) is 10.0 Å². The highest BCUT2D eigenvalue weighted by atomic mass is 35.5. The predicted molar refractivity (Wildman–Crippen MR) is 127 cm³/mol. The first kappa shape index (κ1) is 21.3. The standard InChI is InChI=1S/C24H20Cl2N2O3S/c1-31-16-7-4-6-15(14-16)24-23-18(17-8-2-3-10-20(17)27-23)12-13-28(24)32(29,30)21-11-5-9-19(25)22(21)26/h2-11,14,24,27H,12-13H2,1H3. The maximum Gasteiger partial charge on any atom is 0.245 e. The number of ether oxygens (including phenoxy) is 1. The Kier molecular flexibility index (Phi) is 5.42. The van der Waals surface area contributed by atoms with Crippen LogP contribution in [0.2, 0.25) is 10.0 Å². The Morgan fingerprint density at radius 3 is 2.62 bits per heavy atom. The Morgan fingerprint density at radius 1 is 1.03 bits per heavy atom. The van der Waals surface area contributed by atoms with Crippen LogP contribution < -0.4 is 4.74 Å². The second-order valence-corrected chi connectivity index (χ2v) is 10.3. The molecule has 0 saturated carbocycles. The summed E-state index contributed by atoms with van der Waals surface area (Å²) in [4.78, 5) is 3.47. The average molecular weight is 487 g/mol. The number of para-hydroxylation sites is 1. The van der Waals surface area contributed by atoms with Crippen LogP contribution in [0.5, 0.6) is 5.75 Å². The largest absolute Gasteiger partial charge is 0.497 e. The monoisotopic (exact) mass is 486 g/mol. The summed E-state index contributed by atoms with van der Waals surface area (Å²) in [6.07, 6.45) is 0.581. The van der Waals surface area contributed by atoms with Gasteiger partial charge >= 0.3 is 0 Å². The van der Waals surface area contributed by atoms with Crippen LogP contribution >= 0.6 is 23.2 Å². The van der Waals surface area contributed by atoms with Gasteiger partial charge in [-0.05, 0) is 47.9 Å². The van der Waals surface area contributed by atoms with Crippen LogP contribution in [-0.2, 0) is 16.4 Å². The third-order valence-electron chi connectivity index (χ3n) is 5.90. The zero-order valence-electron chi connectivity index (χ0n) is 17.2. The lowest BCUT2D eigenvalue weighted by Gasteiger charge is -2.35. The Hall–Kier alpha value is -2.51. The van der Waals surface area contributed by atoms with Crippen LogP contribution in [0.1, 0.15) is 22.9 Å². The molecular weight excluding hydrogens is 467 g/mol. The number of H-pyrrole nitrogens is 1. The molecule has 3 aromatic carbocycles. The molecule has 2 heterocycles. The van der Waals surface area contributed by atoms with E-state index in [0.29, 0.717) is 18.7 Å². The topological polar surface area (TPSA) is 62.4 Å². The van der Waals surface area contributed by atoms with Crippen molar-refractivity contribution in [2.24, 2.45) is 0 Å². The summed E-state index contributed by atoms with van der Waals surface area (Å²) in [5.41, 5.74) is 3.76. The molecule has 0 aliphatic carbocycles. The second kappa shape index (κ2) is 8.12. The van der Waals surface area contributed by atoms with Gasteiger partial charge in [0.1, 0.15) is 10.6 Å². The van der Waals surface area contributed by atoms with Crippen molar-refractivity contribution in [2.75, 3.05) is 13.7 Å². The third kappa shape index (κ3) is 3.39. The van der Waals surface area contributed by atoms with Gasteiger partial charge < -0.3 is 9.72 Å². The molecule has 5 rings (SSSR count). The minimum Gasteiger partial charge on any atom is -0.497 e. The van der Waals surface area contributed by atoms with Gasteiger partial charge in [-0.1, -0.05) is 59.6 Å². The van der Waals surface area contributed by atoms with E-state index in [1.165, 1.54) is 10.4 Å². The summed E-state index contributed by atoms with van der Waals surface area (Å²) >= 11 is 12.5. The summed E-state index contributed by atoms with van der Waals surface area (Å²) < 4.78 is 34.6. The van der Waals surface area contributed by atoms with E-state index in [2.05, 4.69) is 11.1 Å². The number of aromatic nitrogens is 1. The minimum absolute atomic E-state index is 0.000811. The van der Waals surface area contributed by atoms with E-state index in [1.807, 2.05) is 42.5 Å². The van der Waals surface area contributed by atoms with Gasteiger partial charge in [0, 0.05) is 23.1 Å². The fourth-order valence-electron chi connectivity index (χ4n) is 4.43. The maximum absolute atomic E-state index is 13.9. The number of methoxy groups -OCH3 is 1. The Balaban J connectivity index is 1.74. The summed E-state index contributed by atoms with van der Waals surface area (Å²) in [5, 5.41) is 1.34. The zero-order valence-corrected chi connectivity index (χ0v) is 19.5. The van der Waals surface area contributed by atoms with Crippen LogP contribution in [-0.4, -0.2) is 31.4 Å². The van der Waals surface area contributed by atoms with Crippen molar-refractivity contribution < 1.29 is 13.2 Å². The number of nitrogens with zero attached hydrogens (tertiary/aromatic N) is 1. The molecule has 1 aromatic heterocycles. The SMILES string of the molecule is COc1cccc(C2c3[nH]c4ccccc4c3CCN2S(=O)(=O)c2cccc(Cl)c2Cl)c1. The van der Waals surface area contributed by atoms with E-state index < -0.39 is 16.1 Å². The lowest BCUT2D eigenvalue weighted by Crippen LogP contribution is -2.40. The Bertz CT molecular complexity index is 1430. The molecule has 164 valence electrons. The van der Waals surface area contributed by atoms with Crippen molar-refractivity contribution in [3.8, 4) is 5.75 Å². The summed E-state index contributed by atoms with van der Waals surface area (Å²) in [7, 11) is -2.36. The van der Waals surface area contributed by atoms with Gasteiger partial charge in [-0.15, -0.1) is 0 Å². The first-order valence-electron chi connectivity index (χ1n) is 10.1. The molecule has 32 heavy (non-hydrogen) atoms. The minimum atomic E-state index is -3.96. The molecule has 1 atom stereocenters. The third-order valence-corrected chi connectivity index (χ3v) is 8.74. The van der Waals surface area contributed by atoms with E-state index in [4.69, 9.17) is 27.9 Å². The normalized spacial score (nSPS) is 16.8. The predicted octanol–water partition coefficient (Wildman–Crippen LogP) is 5.82. The van der Waals surface area contributed by atoms with Gasteiger partial charge in [-0.25, -0.2) is 8.42 Å². The molecule has 0 bridgehead atoms. The highest BCUT2D eigenvalue weighted by Gasteiger charge is 2.40. The summed E-state index contributed by atoms with van der Waals surface area (Å²) in [6.45, 7) is 0.307. The number of fused-ring (bicyclic) bond motifs is 3. The molecule has 0 saturated heterocycles. The molecule has 1 N–H and O–H groups in total. The van der Waals surface area contributed by atoms with E-state index in [-0.39, 0.29) is 14.9 Å². The number of sulfonamides is 1. The van der Waals surface area contributed by atoms with Gasteiger partial charge in [-0.3, -0.25) is 0 Å². The number of hydrogen-bond acceptors (Lipinski definition) is 3. The highest BCUT2D eigenvalue weighted by Crippen LogP contribution is 2.43. The van der Waals surface area contributed by atoms with Crippen LogP contribution in [0.25, 0.3) is 10.9 Å².